The largest absolute Gasteiger partial charge is 0.309 e. The molecule has 0 spiro atoms. The Morgan fingerprint density at radius 2 is 1.65 bits per heavy atom. The minimum Gasteiger partial charge on any atom is -0.309 e. The van der Waals surface area contributed by atoms with Crippen LogP contribution in [0.3, 0.4) is 0 Å². The van der Waals surface area contributed by atoms with Crippen LogP contribution in [0.2, 0.25) is 0 Å². The molecule has 0 aliphatic rings. The van der Waals surface area contributed by atoms with Gasteiger partial charge < -0.3 is 5.32 Å². The van der Waals surface area contributed by atoms with Crippen molar-refractivity contribution in [2.45, 2.75) is 26.8 Å². The molecule has 2 aromatic rings. The Morgan fingerprint density at radius 3 is 2.12 bits per heavy atom. The van der Waals surface area contributed by atoms with Crippen LogP contribution in [-0.2, 0) is 0 Å². The number of benzene rings is 1. The molecule has 0 fully saturated rings. The summed E-state index contributed by atoms with van der Waals surface area (Å²) in [7, 11) is 2.04. The lowest BCUT2D eigenvalue weighted by Gasteiger charge is -2.21. The lowest BCUT2D eigenvalue weighted by Crippen LogP contribution is -2.19. The third-order valence-corrected chi connectivity index (χ3v) is 4.37. The van der Waals surface area contributed by atoms with Gasteiger partial charge >= 0.3 is 0 Å². The monoisotopic (exact) mass is 245 g/mol. The summed E-state index contributed by atoms with van der Waals surface area (Å²) in [4.78, 5) is 1.42. The normalized spacial score (nSPS) is 12.7. The first-order chi connectivity index (χ1) is 8.15. The summed E-state index contributed by atoms with van der Waals surface area (Å²) in [6.45, 7) is 6.56. The number of nitrogens with one attached hydrogen (secondary N) is 1. The predicted molar refractivity (Wildman–Crippen MR) is 75.9 cm³/mol. The van der Waals surface area contributed by atoms with E-state index in [0.29, 0.717) is 6.04 Å². The van der Waals surface area contributed by atoms with E-state index in [0.717, 1.165) is 0 Å². The zero-order chi connectivity index (χ0) is 12.4. The molecule has 2 heteroatoms. The van der Waals surface area contributed by atoms with E-state index >= 15 is 0 Å². The summed E-state index contributed by atoms with van der Waals surface area (Å²) < 4.78 is 0. The lowest BCUT2D eigenvalue weighted by molar-refractivity contribution is 0.691. The van der Waals surface area contributed by atoms with Crippen molar-refractivity contribution in [1.82, 2.24) is 5.32 Å². The fourth-order valence-corrected chi connectivity index (χ4v) is 3.41. The Balaban J connectivity index is 2.53. The third kappa shape index (κ3) is 2.28. The van der Waals surface area contributed by atoms with Gasteiger partial charge in [-0.1, -0.05) is 18.2 Å². The van der Waals surface area contributed by atoms with Gasteiger partial charge in [-0.15, -0.1) is 11.3 Å². The van der Waals surface area contributed by atoms with Crippen LogP contribution in [0.5, 0.6) is 0 Å². The molecule has 0 bridgehead atoms. The maximum atomic E-state index is 3.45. The van der Waals surface area contributed by atoms with Gasteiger partial charge in [-0.3, -0.25) is 0 Å². The molecule has 90 valence electrons. The number of hydrogen-bond donors (Lipinski definition) is 1. The van der Waals surface area contributed by atoms with E-state index in [1.165, 1.54) is 27.1 Å². The molecule has 0 aliphatic carbocycles. The fourth-order valence-electron chi connectivity index (χ4n) is 2.37. The first-order valence-corrected chi connectivity index (χ1v) is 6.80. The highest BCUT2D eigenvalue weighted by Crippen LogP contribution is 2.32. The van der Waals surface area contributed by atoms with Gasteiger partial charge in [0.2, 0.25) is 0 Å². The second-order valence-corrected chi connectivity index (χ2v) is 5.44. The average Bonchev–Trinajstić information content (AvgIpc) is 2.70. The van der Waals surface area contributed by atoms with Gasteiger partial charge in [0.15, 0.2) is 0 Å². The van der Waals surface area contributed by atoms with Gasteiger partial charge in [0.25, 0.3) is 0 Å². The molecular formula is C15H19NS. The predicted octanol–water partition coefficient (Wildman–Crippen LogP) is 3.98. The molecule has 0 radical (unpaired) electrons. The van der Waals surface area contributed by atoms with Crippen LogP contribution in [0.15, 0.2) is 29.6 Å². The van der Waals surface area contributed by atoms with Crippen LogP contribution in [0.4, 0.5) is 0 Å². The number of rotatable bonds is 3. The molecule has 0 aliphatic heterocycles. The van der Waals surface area contributed by atoms with E-state index in [2.05, 4.69) is 55.7 Å². The highest BCUT2D eigenvalue weighted by molar-refractivity contribution is 7.10. The highest BCUT2D eigenvalue weighted by Gasteiger charge is 2.18. The van der Waals surface area contributed by atoms with Crippen LogP contribution in [0, 0.1) is 20.8 Å². The van der Waals surface area contributed by atoms with Crippen LogP contribution in [0.1, 0.15) is 33.2 Å². The standard InChI is InChI=1S/C15H19NS/c1-10-6-5-7-11(2)13(10)14(16-4)15-12(3)8-9-17-15/h5-9,14,16H,1-4H3. The number of aryl methyl sites for hydroxylation is 3. The van der Waals surface area contributed by atoms with Crippen molar-refractivity contribution >= 4 is 11.3 Å². The second-order valence-electron chi connectivity index (χ2n) is 4.50. The molecule has 1 nitrogen and oxygen atoms in total. The Morgan fingerprint density at radius 1 is 1.00 bits per heavy atom. The van der Waals surface area contributed by atoms with Gasteiger partial charge in [-0.25, -0.2) is 0 Å². The van der Waals surface area contributed by atoms with Gasteiger partial charge in [0.1, 0.15) is 0 Å². The van der Waals surface area contributed by atoms with Gasteiger partial charge in [0.05, 0.1) is 6.04 Å². The van der Waals surface area contributed by atoms with Crippen molar-refractivity contribution in [2.75, 3.05) is 7.05 Å². The SMILES string of the molecule is CNC(c1sccc1C)c1c(C)cccc1C. The van der Waals surface area contributed by atoms with Crippen molar-refractivity contribution < 1.29 is 0 Å². The average molecular weight is 245 g/mol. The molecule has 0 saturated carbocycles. The van der Waals surface area contributed by atoms with Crippen LogP contribution in [-0.4, -0.2) is 7.05 Å². The molecule has 1 unspecified atom stereocenters. The Hall–Kier alpha value is -1.12. The smallest absolute Gasteiger partial charge is 0.0676 e. The maximum Gasteiger partial charge on any atom is 0.0676 e. The maximum absolute atomic E-state index is 3.45. The van der Waals surface area contributed by atoms with Crippen molar-refractivity contribution in [3.05, 3.63) is 56.8 Å². The van der Waals surface area contributed by atoms with Crippen LogP contribution in [0.25, 0.3) is 0 Å². The van der Waals surface area contributed by atoms with Gasteiger partial charge in [-0.2, -0.15) is 0 Å². The molecule has 2 rings (SSSR count). The molecule has 1 atom stereocenters. The Kier molecular flexibility index (Phi) is 3.65. The summed E-state index contributed by atoms with van der Waals surface area (Å²) in [5, 5.41) is 5.62. The van der Waals surface area contributed by atoms with Gasteiger partial charge in [0, 0.05) is 4.88 Å². The summed E-state index contributed by atoms with van der Waals surface area (Å²) in [6.07, 6.45) is 0. The minimum atomic E-state index is 0.316. The Bertz CT molecular complexity index is 493. The van der Waals surface area contributed by atoms with Crippen molar-refractivity contribution in [3.8, 4) is 0 Å². The summed E-state index contributed by atoms with van der Waals surface area (Å²) in [6, 6.07) is 9.02. The van der Waals surface area contributed by atoms with E-state index in [-0.39, 0.29) is 0 Å². The summed E-state index contributed by atoms with van der Waals surface area (Å²) >= 11 is 1.83. The van der Waals surface area contributed by atoms with E-state index < -0.39 is 0 Å². The Labute approximate surface area is 108 Å². The lowest BCUT2D eigenvalue weighted by atomic mass is 9.94. The van der Waals surface area contributed by atoms with Gasteiger partial charge in [-0.05, 0) is 61.5 Å². The molecule has 17 heavy (non-hydrogen) atoms. The summed E-state index contributed by atoms with van der Waals surface area (Å²) in [5.41, 5.74) is 5.51. The quantitative estimate of drug-likeness (QED) is 0.862. The van der Waals surface area contributed by atoms with E-state index in [9.17, 15) is 0 Å². The first-order valence-electron chi connectivity index (χ1n) is 5.92. The topological polar surface area (TPSA) is 12.0 Å². The highest BCUT2D eigenvalue weighted by atomic mass is 32.1. The van der Waals surface area contributed by atoms with E-state index in [1.54, 1.807) is 0 Å². The van der Waals surface area contributed by atoms with Crippen molar-refractivity contribution in [1.29, 1.82) is 0 Å². The fraction of sp³-hybridized carbons (Fsp3) is 0.333. The molecule has 0 saturated heterocycles. The second kappa shape index (κ2) is 5.03. The zero-order valence-corrected chi connectivity index (χ0v) is 11.7. The van der Waals surface area contributed by atoms with Crippen LogP contribution >= 0.6 is 11.3 Å². The summed E-state index contributed by atoms with van der Waals surface area (Å²) in [5.74, 6) is 0. The molecule has 1 aromatic carbocycles. The molecule has 1 N–H and O–H groups in total. The van der Waals surface area contributed by atoms with Crippen LogP contribution < -0.4 is 5.32 Å². The third-order valence-electron chi connectivity index (χ3n) is 3.28. The van der Waals surface area contributed by atoms with E-state index in [4.69, 9.17) is 0 Å². The molecule has 0 amide bonds. The molecule has 1 heterocycles. The zero-order valence-electron chi connectivity index (χ0n) is 10.9. The molecule has 1 aromatic heterocycles. The van der Waals surface area contributed by atoms with E-state index in [1.807, 2.05) is 18.4 Å². The van der Waals surface area contributed by atoms with Crippen molar-refractivity contribution in [3.63, 3.8) is 0 Å². The molecular weight excluding hydrogens is 226 g/mol. The number of thiophene rings is 1. The first kappa shape index (κ1) is 12.3. The number of hydrogen-bond acceptors (Lipinski definition) is 2. The van der Waals surface area contributed by atoms with Crippen molar-refractivity contribution in [2.24, 2.45) is 0 Å². The minimum absolute atomic E-state index is 0.316.